The number of anilines is 2. The third-order valence-corrected chi connectivity index (χ3v) is 4.95. The van der Waals surface area contributed by atoms with Crippen LogP contribution in [0.15, 0.2) is 72.8 Å². The van der Waals surface area contributed by atoms with Crippen LogP contribution in [0.1, 0.15) is 38.0 Å². The average Bonchev–Trinajstić information content (AvgIpc) is 3.09. The lowest BCUT2D eigenvalue weighted by Crippen LogP contribution is -2.29. The lowest BCUT2D eigenvalue weighted by atomic mass is 10.1. The van der Waals surface area contributed by atoms with Crippen molar-refractivity contribution in [3.05, 3.63) is 89.5 Å². The Balaban J connectivity index is 1.37. The zero-order chi connectivity index (χ0) is 23.4. The van der Waals surface area contributed by atoms with E-state index in [1.54, 1.807) is 48.5 Å². The summed E-state index contributed by atoms with van der Waals surface area (Å²) in [6, 6.07) is 19.4. The van der Waals surface area contributed by atoms with Gasteiger partial charge in [-0.15, -0.1) is 0 Å². The molecule has 0 radical (unpaired) electrons. The Labute approximate surface area is 189 Å². The summed E-state index contributed by atoms with van der Waals surface area (Å²) in [6.07, 6.45) is 0. The van der Waals surface area contributed by atoms with Gasteiger partial charge in [0.2, 0.25) is 0 Å². The smallest absolute Gasteiger partial charge is 0.338 e. The molecule has 4 rings (SSSR count). The molecular weight excluding hydrogens is 424 g/mol. The lowest BCUT2D eigenvalue weighted by molar-refractivity contribution is -0.119. The summed E-state index contributed by atoms with van der Waals surface area (Å²) in [6.45, 7) is 1.79. The standard InChI is InChI=1S/C25H20N2O6/c1-2-32-21-10-6-5-9-20(21)26-22(28)15-33-25(31)16-11-13-17(14-12-16)27-23(29)18-7-3-4-8-19(18)24(27)30/h3-14H,2,15H2,1H3,(H,26,28). The van der Waals surface area contributed by atoms with E-state index < -0.39 is 30.3 Å². The highest BCUT2D eigenvalue weighted by molar-refractivity contribution is 6.34. The van der Waals surface area contributed by atoms with Crippen molar-refractivity contribution in [1.82, 2.24) is 0 Å². The number of hydrogen-bond donors (Lipinski definition) is 1. The van der Waals surface area contributed by atoms with Crippen LogP contribution in [-0.4, -0.2) is 36.9 Å². The Morgan fingerprint density at radius 2 is 1.45 bits per heavy atom. The van der Waals surface area contributed by atoms with Crippen molar-refractivity contribution in [2.24, 2.45) is 0 Å². The second kappa shape index (κ2) is 9.35. The van der Waals surface area contributed by atoms with Gasteiger partial charge in [0.15, 0.2) is 6.61 Å². The molecule has 0 spiro atoms. The van der Waals surface area contributed by atoms with Crippen LogP contribution >= 0.6 is 0 Å². The molecule has 0 unspecified atom stereocenters. The van der Waals surface area contributed by atoms with E-state index in [2.05, 4.69) is 5.32 Å². The normalized spacial score (nSPS) is 12.3. The molecular formula is C25H20N2O6. The summed E-state index contributed by atoms with van der Waals surface area (Å²) < 4.78 is 10.5. The van der Waals surface area contributed by atoms with Gasteiger partial charge in [-0.05, 0) is 55.5 Å². The molecule has 33 heavy (non-hydrogen) atoms. The summed E-state index contributed by atoms with van der Waals surface area (Å²) in [4.78, 5) is 50.7. The number of fused-ring (bicyclic) bond motifs is 1. The van der Waals surface area contributed by atoms with Gasteiger partial charge in [0, 0.05) is 0 Å². The van der Waals surface area contributed by atoms with Gasteiger partial charge in [-0.25, -0.2) is 9.69 Å². The number of nitrogens with zero attached hydrogens (tertiary/aromatic N) is 1. The van der Waals surface area contributed by atoms with Crippen molar-refractivity contribution in [3.63, 3.8) is 0 Å². The van der Waals surface area contributed by atoms with Crippen LogP contribution in [0.3, 0.4) is 0 Å². The molecule has 1 aliphatic rings. The third-order valence-electron chi connectivity index (χ3n) is 4.95. The minimum Gasteiger partial charge on any atom is -0.492 e. The van der Waals surface area contributed by atoms with Gasteiger partial charge >= 0.3 is 5.97 Å². The van der Waals surface area contributed by atoms with Crippen molar-refractivity contribution in [2.75, 3.05) is 23.4 Å². The van der Waals surface area contributed by atoms with Crippen LogP contribution in [0.25, 0.3) is 0 Å². The molecule has 1 heterocycles. The first-order valence-corrected chi connectivity index (χ1v) is 10.3. The van der Waals surface area contributed by atoms with Gasteiger partial charge in [0.1, 0.15) is 5.75 Å². The highest BCUT2D eigenvalue weighted by Crippen LogP contribution is 2.28. The second-order valence-corrected chi connectivity index (χ2v) is 7.09. The van der Waals surface area contributed by atoms with E-state index in [1.165, 1.54) is 24.3 Å². The van der Waals surface area contributed by atoms with E-state index in [1.807, 2.05) is 6.92 Å². The van der Waals surface area contributed by atoms with Gasteiger partial charge in [-0.3, -0.25) is 14.4 Å². The van der Waals surface area contributed by atoms with Gasteiger partial charge in [-0.2, -0.15) is 0 Å². The summed E-state index contributed by atoms with van der Waals surface area (Å²) in [5, 5.41) is 2.64. The fourth-order valence-electron chi connectivity index (χ4n) is 3.42. The molecule has 0 atom stereocenters. The molecule has 8 nitrogen and oxygen atoms in total. The van der Waals surface area contributed by atoms with Gasteiger partial charge in [-0.1, -0.05) is 24.3 Å². The van der Waals surface area contributed by atoms with Crippen molar-refractivity contribution >= 4 is 35.1 Å². The van der Waals surface area contributed by atoms with Gasteiger partial charge in [0.25, 0.3) is 17.7 Å². The first-order valence-electron chi connectivity index (χ1n) is 10.3. The van der Waals surface area contributed by atoms with Crippen LogP contribution in [0.4, 0.5) is 11.4 Å². The van der Waals surface area contributed by atoms with E-state index in [9.17, 15) is 19.2 Å². The number of para-hydroxylation sites is 2. The second-order valence-electron chi connectivity index (χ2n) is 7.09. The third kappa shape index (κ3) is 4.45. The maximum Gasteiger partial charge on any atom is 0.338 e. The molecule has 3 aromatic carbocycles. The number of carbonyl (C=O) groups excluding carboxylic acids is 4. The van der Waals surface area contributed by atoms with E-state index in [0.717, 1.165) is 4.90 Å². The Bertz CT molecular complexity index is 1200. The topological polar surface area (TPSA) is 102 Å². The first kappa shape index (κ1) is 21.8. The summed E-state index contributed by atoms with van der Waals surface area (Å²) in [5.41, 5.74) is 1.66. The molecule has 1 N–H and O–H groups in total. The molecule has 0 saturated carbocycles. The number of benzene rings is 3. The SMILES string of the molecule is CCOc1ccccc1NC(=O)COC(=O)c1ccc(N2C(=O)c3ccccc3C2=O)cc1. The van der Waals surface area contributed by atoms with Crippen molar-refractivity contribution in [3.8, 4) is 5.75 Å². The maximum atomic E-state index is 12.6. The fourth-order valence-corrected chi connectivity index (χ4v) is 3.42. The summed E-state index contributed by atoms with van der Waals surface area (Å²) in [5.74, 6) is -1.55. The van der Waals surface area contributed by atoms with E-state index in [-0.39, 0.29) is 5.56 Å². The Morgan fingerprint density at radius 3 is 2.09 bits per heavy atom. The molecule has 3 aromatic rings. The van der Waals surface area contributed by atoms with Gasteiger partial charge < -0.3 is 14.8 Å². The van der Waals surface area contributed by atoms with Crippen molar-refractivity contribution in [2.45, 2.75) is 6.92 Å². The molecule has 0 aliphatic carbocycles. The van der Waals surface area contributed by atoms with Crippen LogP contribution in [0.2, 0.25) is 0 Å². The monoisotopic (exact) mass is 444 g/mol. The van der Waals surface area contributed by atoms with Crippen LogP contribution in [0.5, 0.6) is 5.75 Å². The van der Waals surface area contributed by atoms with Crippen LogP contribution in [-0.2, 0) is 9.53 Å². The molecule has 0 aromatic heterocycles. The number of ether oxygens (including phenoxy) is 2. The first-order chi connectivity index (χ1) is 16.0. The van der Waals surface area contributed by atoms with E-state index >= 15 is 0 Å². The number of imide groups is 1. The zero-order valence-electron chi connectivity index (χ0n) is 17.7. The highest BCUT2D eigenvalue weighted by Gasteiger charge is 2.36. The van der Waals surface area contributed by atoms with Crippen LogP contribution < -0.4 is 15.0 Å². The Hall–Kier alpha value is -4.46. The number of carbonyl (C=O) groups is 4. The van der Waals surface area contributed by atoms with Gasteiger partial charge in [0.05, 0.1) is 34.7 Å². The number of amides is 3. The molecule has 0 saturated heterocycles. The summed E-state index contributed by atoms with van der Waals surface area (Å²) in [7, 11) is 0. The number of esters is 1. The maximum absolute atomic E-state index is 12.6. The predicted octanol–water partition coefficient (Wildman–Crippen LogP) is 3.68. The van der Waals surface area contributed by atoms with Crippen molar-refractivity contribution < 1.29 is 28.7 Å². The van der Waals surface area contributed by atoms with E-state index in [4.69, 9.17) is 9.47 Å². The number of rotatable bonds is 7. The zero-order valence-corrected chi connectivity index (χ0v) is 17.7. The average molecular weight is 444 g/mol. The molecule has 1 aliphatic heterocycles. The van der Waals surface area contributed by atoms with Crippen LogP contribution in [0, 0.1) is 0 Å². The Morgan fingerprint density at radius 1 is 0.848 bits per heavy atom. The number of hydrogen-bond acceptors (Lipinski definition) is 6. The van der Waals surface area contributed by atoms with Crippen molar-refractivity contribution in [1.29, 1.82) is 0 Å². The number of nitrogens with one attached hydrogen (secondary N) is 1. The Kier molecular flexibility index (Phi) is 6.17. The largest absolute Gasteiger partial charge is 0.492 e. The minimum absolute atomic E-state index is 0.179. The predicted molar refractivity (Wildman–Crippen MR) is 121 cm³/mol. The minimum atomic E-state index is -0.711. The highest BCUT2D eigenvalue weighted by atomic mass is 16.5. The molecule has 0 bridgehead atoms. The lowest BCUT2D eigenvalue weighted by Gasteiger charge is -2.14. The molecule has 8 heteroatoms. The molecule has 166 valence electrons. The summed E-state index contributed by atoms with van der Waals surface area (Å²) >= 11 is 0. The molecule has 0 fully saturated rings. The fraction of sp³-hybridized carbons (Fsp3) is 0.120. The molecule has 3 amide bonds. The van der Waals surface area contributed by atoms with E-state index in [0.29, 0.717) is 34.9 Å². The quantitative estimate of drug-likeness (QED) is 0.441.